The van der Waals surface area contributed by atoms with Gasteiger partial charge in [0.2, 0.25) is 0 Å². The Hall–Kier alpha value is -2.79. The van der Waals surface area contributed by atoms with E-state index in [0.29, 0.717) is 31.6 Å². The first-order chi connectivity index (χ1) is 13.4. The quantitative estimate of drug-likeness (QED) is 0.725. The fraction of sp³-hybridized carbons (Fsp3) is 0.348. The van der Waals surface area contributed by atoms with Crippen LogP contribution in [-0.2, 0) is 0 Å². The number of aromatic nitrogens is 1. The first-order valence-corrected chi connectivity index (χ1v) is 9.73. The molecule has 4 rings (SSSR count). The molecule has 0 unspecified atom stereocenters. The summed E-state index contributed by atoms with van der Waals surface area (Å²) in [5.74, 6) is 0.751. The van der Waals surface area contributed by atoms with Gasteiger partial charge in [-0.05, 0) is 62.1 Å². The van der Waals surface area contributed by atoms with E-state index in [1.807, 2.05) is 55.5 Å². The number of carbonyl (C=O) groups excluding carboxylic acids is 1. The van der Waals surface area contributed by atoms with E-state index >= 15 is 0 Å². The summed E-state index contributed by atoms with van der Waals surface area (Å²) >= 11 is 0. The van der Waals surface area contributed by atoms with Gasteiger partial charge in [0.05, 0.1) is 0 Å². The largest absolute Gasteiger partial charge is 0.491 e. The summed E-state index contributed by atoms with van der Waals surface area (Å²) in [5.41, 5.74) is 3.04. The van der Waals surface area contributed by atoms with E-state index in [9.17, 15) is 9.90 Å². The molecule has 3 aromatic rings. The van der Waals surface area contributed by atoms with E-state index in [0.717, 1.165) is 16.7 Å². The fourth-order valence-corrected chi connectivity index (χ4v) is 3.65. The Morgan fingerprint density at radius 1 is 1.11 bits per heavy atom. The van der Waals surface area contributed by atoms with E-state index in [1.165, 1.54) is 11.1 Å². The van der Waals surface area contributed by atoms with Crippen molar-refractivity contribution in [1.29, 1.82) is 0 Å². The number of carbonyl (C=O) groups is 1. The monoisotopic (exact) mass is 378 g/mol. The van der Waals surface area contributed by atoms with Crippen molar-refractivity contribution in [3.05, 3.63) is 65.4 Å². The Morgan fingerprint density at radius 3 is 2.57 bits per heavy atom. The highest BCUT2D eigenvalue weighted by molar-refractivity contribution is 5.98. The Balaban J connectivity index is 1.36. The minimum atomic E-state index is -0.907. The number of aliphatic hydroxyl groups is 1. The number of ether oxygens (including phenoxy) is 1. The van der Waals surface area contributed by atoms with Crippen molar-refractivity contribution in [3.63, 3.8) is 0 Å². The third-order valence-corrected chi connectivity index (χ3v) is 5.73. The minimum Gasteiger partial charge on any atom is -0.491 e. The van der Waals surface area contributed by atoms with Gasteiger partial charge < -0.3 is 19.7 Å². The van der Waals surface area contributed by atoms with Crippen LogP contribution in [0.15, 0.2) is 48.5 Å². The Labute approximate surface area is 164 Å². The van der Waals surface area contributed by atoms with Crippen LogP contribution in [0, 0.1) is 13.8 Å². The highest BCUT2D eigenvalue weighted by Crippen LogP contribution is 2.26. The summed E-state index contributed by atoms with van der Waals surface area (Å²) < 4.78 is 5.84. The smallest absolute Gasteiger partial charge is 0.270 e. The average molecular weight is 378 g/mol. The zero-order valence-corrected chi connectivity index (χ0v) is 16.4. The number of nitrogens with zero attached hydrogens (tertiary/aromatic N) is 1. The van der Waals surface area contributed by atoms with Crippen LogP contribution < -0.4 is 4.74 Å². The molecular formula is C23H26N2O3. The van der Waals surface area contributed by atoms with Gasteiger partial charge in [-0.2, -0.15) is 0 Å². The standard InChI is InChI=1S/C23H26N2O3/c1-16-7-8-19(13-17(16)2)28-15-23(27)9-11-25(12-10-23)22(26)21-14-18-5-3-4-6-20(18)24-21/h3-8,13-14,24,27H,9-12,15H2,1-2H3. The highest BCUT2D eigenvalue weighted by Gasteiger charge is 2.35. The lowest BCUT2D eigenvalue weighted by molar-refractivity contribution is -0.0476. The van der Waals surface area contributed by atoms with Crippen LogP contribution in [0.3, 0.4) is 0 Å². The van der Waals surface area contributed by atoms with Gasteiger partial charge in [0.25, 0.3) is 5.91 Å². The minimum absolute atomic E-state index is 0.0201. The molecule has 1 amide bonds. The lowest BCUT2D eigenvalue weighted by atomic mass is 9.92. The number of hydrogen-bond donors (Lipinski definition) is 2. The molecule has 146 valence electrons. The molecule has 0 atom stereocenters. The maximum atomic E-state index is 12.8. The molecule has 0 spiro atoms. The molecule has 0 aliphatic carbocycles. The van der Waals surface area contributed by atoms with E-state index in [2.05, 4.69) is 11.9 Å². The van der Waals surface area contributed by atoms with Gasteiger partial charge in [-0.1, -0.05) is 24.3 Å². The van der Waals surface area contributed by atoms with Crippen molar-refractivity contribution in [2.45, 2.75) is 32.3 Å². The molecule has 0 radical (unpaired) electrons. The molecule has 0 saturated carbocycles. The van der Waals surface area contributed by atoms with Crippen molar-refractivity contribution in [2.24, 2.45) is 0 Å². The highest BCUT2D eigenvalue weighted by atomic mass is 16.5. The normalized spacial score (nSPS) is 16.3. The maximum Gasteiger partial charge on any atom is 0.270 e. The molecule has 1 aliphatic heterocycles. The molecule has 1 aliphatic rings. The van der Waals surface area contributed by atoms with Crippen LogP contribution in [0.5, 0.6) is 5.75 Å². The zero-order valence-electron chi connectivity index (χ0n) is 16.4. The molecule has 2 N–H and O–H groups in total. The van der Waals surface area contributed by atoms with Crippen molar-refractivity contribution in [3.8, 4) is 5.75 Å². The summed E-state index contributed by atoms with van der Waals surface area (Å²) in [7, 11) is 0. The summed E-state index contributed by atoms with van der Waals surface area (Å²) in [5, 5.41) is 11.9. The number of nitrogens with one attached hydrogen (secondary N) is 1. The van der Waals surface area contributed by atoms with Crippen molar-refractivity contribution in [2.75, 3.05) is 19.7 Å². The zero-order chi connectivity index (χ0) is 19.7. The topological polar surface area (TPSA) is 65.6 Å². The van der Waals surface area contributed by atoms with E-state index in [4.69, 9.17) is 4.74 Å². The second-order valence-corrected chi connectivity index (χ2v) is 7.82. The lowest BCUT2D eigenvalue weighted by Crippen LogP contribution is -2.49. The number of piperidine rings is 1. The SMILES string of the molecule is Cc1ccc(OCC2(O)CCN(C(=O)c3cc4ccccc4[nH]3)CC2)cc1C. The molecule has 1 fully saturated rings. The van der Waals surface area contributed by atoms with Crippen LogP contribution in [0.2, 0.25) is 0 Å². The number of fused-ring (bicyclic) bond motifs is 1. The molecule has 5 nitrogen and oxygen atoms in total. The molecule has 28 heavy (non-hydrogen) atoms. The molecular weight excluding hydrogens is 352 g/mol. The predicted octanol–water partition coefficient (Wildman–Crippen LogP) is 3.83. The number of aromatic amines is 1. The van der Waals surface area contributed by atoms with Gasteiger partial charge in [-0.25, -0.2) is 0 Å². The van der Waals surface area contributed by atoms with Crippen LogP contribution >= 0.6 is 0 Å². The number of likely N-dealkylation sites (tertiary alicyclic amines) is 1. The number of H-pyrrole nitrogens is 1. The summed E-state index contributed by atoms with van der Waals surface area (Å²) in [6.45, 7) is 5.38. The third-order valence-electron chi connectivity index (χ3n) is 5.73. The predicted molar refractivity (Wildman–Crippen MR) is 110 cm³/mol. The van der Waals surface area contributed by atoms with Crippen molar-refractivity contribution >= 4 is 16.8 Å². The Bertz CT molecular complexity index is 967. The molecule has 5 heteroatoms. The van der Waals surface area contributed by atoms with E-state index < -0.39 is 5.60 Å². The lowest BCUT2D eigenvalue weighted by Gasteiger charge is -2.37. The first kappa shape index (κ1) is 18.6. The first-order valence-electron chi connectivity index (χ1n) is 9.73. The number of rotatable bonds is 4. The van der Waals surface area contributed by atoms with Gasteiger partial charge in [0.1, 0.15) is 23.7 Å². The second-order valence-electron chi connectivity index (χ2n) is 7.82. The van der Waals surface area contributed by atoms with Crippen LogP contribution in [-0.4, -0.2) is 46.2 Å². The van der Waals surface area contributed by atoms with Gasteiger partial charge in [0, 0.05) is 24.0 Å². The van der Waals surface area contributed by atoms with Crippen molar-refractivity contribution < 1.29 is 14.6 Å². The second kappa shape index (κ2) is 7.32. The number of para-hydroxylation sites is 1. The van der Waals surface area contributed by atoms with E-state index in [1.54, 1.807) is 4.90 Å². The van der Waals surface area contributed by atoms with Gasteiger partial charge in [-0.3, -0.25) is 4.79 Å². The van der Waals surface area contributed by atoms with Gasteiger partial charge in [-0.15, -0.1) is 0 Å². The molecule has 2 heterocycles. The number of benzene rings is 2. The third kappa shape index (κ3) is 3.76. The van der Waals surface area contributed by atoms with Gasteiger partial charge >= 0.3 is 0 Å². The molecule has 2 aromatic carbocycles. The molecule has 0 bridgehead atoms. The fourth-order valence-electron chi connectivity index (χ4n) is 3.65. The van der Waals surface area contributed by atoms with Crippen LogP contribution in [0.4, 0.5) is 0 Å². The van der Waals surface area contributed by atoms with Gasteiger partial charge in [0.15, 0.2) is 0 Å². The Kier molecular flexibility index (Phi) is 4.85. The van der Waals surface area contributed by atoms with Crippen LogP contribution in [0.25, 0.3) is 10.9 Å². The van der Waals surface area contributed by atoms with E-state index in [-0.39, 0.29) is 12.5 Å². The molecule has 1 saturated heterocycles. The Morgan fingerprint density at radius 2 is 1.86 bits per heavy atom. The number of aryl methyl sites for hydroxylation is 2. The number of hydrogen-bond acceptors (Lipinski definition) is 3. The average Bonchev–Trinajstić information content (AvgIpc) is 3.13. The maximum absolute atomic E-state index is 12.8. The van der Waals surface area contributed by atoms with Crippen LogP contribution in [0.1, 0.15) is 34.5 Å². The summed E-state index contributed by atoms with van der Waals surface area (Å²) in [6.07, 6.45) is 1.01. The summed E-state index contributed by atoms with van der Waals surface area (Å²) in [6, 6.07) is 15.7. The van der Waals surface area contributed by atoms with Crippen molar-refractivity contribution in [1.82, 2.24) is 9.88 Å². The molecule has 1 aromatic heterocycles. The summed E-state index contributed by atoms with van der Waals surface area (Å²) in [4.78, 5) is 17.8. The number of amides is 1.